The normalized spacial score (nSPS) is 10.9. The summed E-state index contributed by atoms with van der Waals surface area (Å²) in [5.74, 6) is -0.188. The van der Waals surface area contributed by atoms with Gasteiger partial charge in [-0.2, -0.15) is 0 Å². The number of aromatic nitrogens is 1. The molecule has 4 aromatic rings. The summed E-state index contributed by atoms with van der Waals surface area (Å²) in [4.78, 5) is 27.5. The van der Waals surface area contributed by atoms with E-state index < -0.39 is 10.8 Å². The van der Waals surface area contributed by atoms with E-state index in [9.17, 15) is 14.9 Å². The summed E-state index contributed by atoms with van der Waals surface area (Å²) in [6, 6.07) is 14.4. The summed E-state index contributed by atoms with van der Waals surface area (Å²) in [6.45, 7) is 1.96. The fourth-order valence-electron chi connectivity index (χ4n) is 2.90. The molecule has 9 heteroatoms. The molecule has 3 aromatic carbocycles. The van der Waals surface area contributed by atoms with Crippen LogP contribution in [-0.4, -0.2) is 15.8 Å². The maximum Gasteiger partial charge on any atom is 0.288 e. The van der Waals surface area contributed by atoms with Crippen molar-refractivity contribution in [3.8, 4) is 11.5 Å². The lowest BCUT2D eigenvalue weighted by Gasteiger charge is -2.09. The molecule has 1 aromatic heterocycles. The minimum atomic E-state index is -0.651. The van der Waals surface area contributed by atoms with Gasteiger partial charge < -0.3 is 9.73 Å². The van der Waals surface area contributed by atoms with Crippen molar-refractivity contribution in [3.05, 3.63) is 85.9 Å². The lowest BCUT2D eigenvalue weighted by atomic mass is 10.1. The largest absolute Gasteiger partial charge is 0.436 e. The number of fused-ring (bicyclic) bond motifs is 1. The fraction of sp³-hybridized carbons (Fsp3) is 0.0476. The molecule has 0 fully saturated rings. The maximum atomic E-state index is 12.6. The molecule has 7 nitrogen and oxygen atoms in total. The Hall–Kier alpha value is -3.42. The Morgan fingerprint density at radius 3 is 2.60 bits per heavy atom. The van der Waals surface area contributed by atoms with Crippen molar-refractivity contribution in [2.75, 3.05) is 5.32 Å². The number of nitro groups is 1. The summed E-state index contributed by atoms with van der Waals surface area (Å²) >= 11 is 12.0. The summed E-state index contributed by atoms with van der Waals surface area (Å²) in [7, 11) is 0. The van der Waals surface area contributed by atoms with Crippen molar-refractivity contribution in [3.63, 3.8) is 0 Å². The number of halogens is 2. The number of nitrogens with one attached hydrogen (secondary N) is 1. The van der Waals surface area contributed by atoms with Crippen LogP contribution in [0, 0.1) is 17.0 Å². The maximum absolute atomic E-state index is 12.6. The minimum Gasteiger partial charge on any atom is -0.436 e. The first-order valence-electron chi connectivity index (χ1n) is 8.74. The van der Waals surface area contributed by atoms with E-state index in [-0.39, 0.29) is 16.3 Å². The van der Waals surface area contributed by atoms with Gasteiger partial charge in [0.25, 0.3) is 11.6 Å². The standard InChI is InChI=1S/C21H13Cl2N3O4/c1-11-2-7-19-17(8-11)25-21(30-19)13-4-5-14(22)16(9-13)24-20(27)12-3-6-15(23)18(10-12)26(28)29/h2-10H,1H3,(H,24,27). The molecule has 0 aliphatic rings. The number of hydrogen-bond donors (Lipinski definition) is 1. The van der Waals surface area contributed by atoms with Gasteiger partial charge in [-0.3, -0.25) is 14.9 Å². The van der Waals surface area contributed by atoms with Crippen molar-refractivity contribution < 1.29 is 14.1 Å². The first kappa shape index (κ1) is 19.9. The van der Waals surface area contributed by atoms with Crippen LogP contribution in [0.1, 0.15) is 15.9 Å². The van der Waals surface area contributed by atoms with Gasteiger partial charge in [0.05, 0.1) is 15.6 Å². The number of hydrogen-bond acceptors (Lipinski definition) is 5. The zero-order chi connectivity index (χ0) is 21.4. The van der Waals surface area contributed by atoms with E-state index in [2.05, 4.69) is 10.3 Å². The number of benzene rings is 3. The smallest absolute Gasteiger partial charge is 0.288 e. The van der Waals surface area contributed by atoms with Gasteiger partial charge in [-0.1, -0.05) is 29.3 Å². The predicted molar refractivity (Wildman–Crippen MR) is 115 cm³/mol. The van der Waals surface area contributed by atoms with Gasteiger partial charge in [-0.05, 0) is 55.0 Å². The van der Waals surface area contributed by atoms with Crippen LogP contribution in [0.25, 0.3) is 22.6 Å². The van der Waals surface area contributed by atoms with E-state index in [4.69, 9.17) is 27.6 Å². The third-order valence-corrected chi connectivity index (χ3v) is 5.06. The molecule has 0 spiro atoms. The van der Waals surface area contributed by atoms with Crippen molar-refractivity contribution in [1.82, 2.24) is 4.98 Å². The SMILES string of the molecule is Cc1ccc2oc(-c3ccc(Cl)c(NC(=O)c4ccc(Cl)c([N+](=O)[O-])c4)c3)nc2c1. The second-order valence-electron chi connectivity index (χ2n) is 6.56. The predicted octanol–water partition coefficient (Wildman–Crippen LogP) is 6.27. The quantitative estimate of drug-likeness (QED) is 0.297. The summed E-state index contributed by atoms with van der Waals surface area (Å²) < 4.78 is 5.79. The highest BCUT2D eigenvalue weighted by Crippen LogP contribution is 2.31. The average Bonchev–Trinajstić information content (AvgIpc) is 3.12. The van der Waals surface area contributed by atoms with Gasteiger partial charge >= 0.3 is 0 Å². The molecule has 0 unspecified atom stereocenters. The van der Waals surface area contributed by atoms with Crippen LogP contribution in [-0.2, 0) is 0 Å². The second kappa shape index (κ2) is 7.78. The van der Waals surface area contributed by atoms with Crippen LogP contribution in [0.3, 0.4) is 0 Å². The van der Waals surface area contributed by atoms with Gasteiger partial charge in [0.1, 0.15) is 10.5 Å². The number of nitrogens with zero attached hydrogens (tertiary/aromatic N) is 2. The van der Waals surface area contributed by atoms with Crippen LogP contribution in [0.15, 0.2) is 59.0 Å². The summed E-state index contributed by atoms with van der Waals surface area (Å²) in [5.41, 5.74) is 3.07. The van der Waals surface area contributed by atoms with Gasteiger partial charge in [0.15, 0.2) is 5.58 Å². The number of carbonyl (C=O) groups is 1. The molecule has 30 heavy (non-hydrogen) atoms. The number of carbonyl (C=O) groups excluding carboxylic acids is 1. The van der Waals surface area contributed by atoms with Crippen molar-refractivity contribution in [2.24, 2.45) is 0 Å². The topological polar surface area (TPSA) is 98.3 Å². The van der Waals surface area contributed by atoms with E-state index in [0.717, 1.165) is 17.1 Å². The molecule has 0 aliphatic carbocycles. The molecule has 0 aliphatic heterocycles. The lowest BCUT2D eigenvalue weighted by Crippen LogP contribution is -2.12. The Labute approximate surface area is 180 Å². The monoisotopic (exact) mass is 441 g/mol. The Morgan fingerprint density at radius 2 is 1.83 bits per heavy atom. The minimum absolute atomic E-state index is 0.0530. The number of rotatable bonds is 4. The van der Waals surface area contributed by atoms with Crippen LogP contribution >= 0.6 is 23.2 Å². The van der Waals surface area contributed by atoms with Crippen LogP contribution in [0.5, 0.6) is 0 Å². The number of aryl methyl sites for hydroxylation is 1. The van der Waals surface area contributed by atoms with E-state index in [0.29, 0.717) is 27.7 Å². The third-order valence-electron chi connectivity index (χ3n) is 4.41. The molecule has 0 atom stereocenters. The third kappa shape index (κ3) is 3.85. The van der Waals surface area contributed by atoms with E-state index in [1.165, 1.54) is 12.1 Å². The molecule has 0 radical (unpaired) electrons. The molecular weight excluding hydrogens is 429 g/mol. The number of oxazole rings is 1. The molecule has 0 saturated carbocycles. The van der Waals surface area contributed by atoms with E-state index in [1.807, 2.05) is 25.1 Å². The molecule has 0 saturated heterocycles. The molecular formula is C21H13Cl2N3O4. The Morgan fingerprint density at radius 1 is 1.07 bits per heavy atom. The van der Waals surface area contributed by atoms with Crippen molar-refractivity contribution in [2.45, 2.75) is 6.92 Å². The first-order valence-corrected chi connectivity index (χ1v) is 9.50. The van der Waals surface area contributed by atoms with Gasteiger partial charge in [-0.15, -0.1) is 0 Å². The van der Waals surface area contributed by atoms with Crippen molar-refractivity contribution >= 4 is 51.6 Å². The highest BCUT2D eigenvalue weighted by Gasteiger charge is 2.18. The highest BCUT2D eigenvalue weighted by molar-refractivity contribution is 6.34. The first-order chi connectivity index (χ1) is 14.3. The summed E-state index contributed by atoms with van der Waals surface area (Å²) in [5, 5.41) is 14.0. The fourth-order valence-corrected chi connectivity index (χ4v) is 3.25. The number of anilines is 1. The average molecular weight is 442 g/mol. The van der Waals surface area contributed by atoms with Gasteiger partial charge in [-0.25, -0.2) is 4.98 Å². The van der Waals surface area contributed by atoms with E-state index in [1.54, 1.807) is 18.2 Å². The molecule has 150 valence electrons. The number of amides is 1. The Balaban J connectivity index is 1.65. The Bertz CT molecular complexity index is 1320. The van der Waals surface area contributed by atoms with Gasteiger partial charge in [0, 0.05) is 17.2 Å². The molecule has 1 heterocycles. The van der Waals surface area contributed by atoms with Crippen LogP contribution in [0.2, 0.25) is 10.0 Å². The van der Waals surface area contributed by atoms with Crippen molar-refractivity contribution in [1.29, 1.82) is 0 Å². The van der Waals surface area contributed by atoms with Gasteiger partial charge in [0.2, 0.25) is 5.89 Å². The summed E-state index contributed by atoms with van der Waals surface area (Å²) in [6.07, 6.45) is 0. The van der Waals surface area contributed by atoms with E-state index >= 15 is 0 Å². The molecule has 1 N–H and O–H groups in total. The molecule has 4 rings (SSSR count). The molecule has 1 amide bonds. The van der Waals surface area contributed by atoms with Crippen LogP contribution < -0.4 is 5.32 Å². The highest BCUT2D eigenvalue weighted by atomic mass is 35.5. The zero-order valence-corrected chi connectivity index (χ0v) is 17.0. The zero-order valence-electron chi connectivity index (χ0n) is 15.5. The lowest BCUT2D eigenvalue weighted by molar-refractivity contribution is -0.384. The number of nitro benzene ring substituents is 1. The van der Waals surface area contributed by atoms with Crippen LogP contribution in [0.4, 0.5) is 11.4 Å². The molecule has 0 bridgehead atoms. The second-order valence-corrected chi connectivity index (χ2v) is 7.38. The Kier molecular flexibility index (Phi) is 5.15.